The number of carbonyl (C=O) groups excluding carboxylic acids is 2. The molecule has 4 heteroatoms. The number of carbonyl (C=O) groups is 2. The first-order valence-corrected chi connectivity index (χ1v) is 7.06. The SMILES string of the molecule is Cc1ccc(C(=O)OCC(C)OC(=O)c2ccccc2)cc1. The van der Waals surface area contributed by atoms with Crippen molar-refractivity contribution < 1.29 is 19.1 Å². The van der Waals surface area contributed by atoms with Crippen LogP contribution in [-0.2, 0) is 9.47 Å². The molecule has 0 aliphatic heterocycles. The van der Waals surface area contributed by atoms with Gasteiger partial charge in [0.05, 0.1) is 11.1 Å². The quantitative estimate of drug-likeness (QED) is 0.794. The third-order valence-electron chi connectivity index (χ3n) is 3.05. The number of esters is 2. The van der Waals surface area contributed by atoms with Gasteiger partial charge in [-0.05, 0) is 38.1 Å². The molecule has 0 saturated carbocycles. The highest BCUT2D eigenvalue weighted by atomic mass is 16.6. The van der Waals surface area contributed by atoms with Gasteiger partial charge in [0.1, 0.15) is 12.7 Å². The van der Waals surface area contributed by atoms with Gasteiger partial charge in [0.25, 0.3) is 0 Å². The molecule has 0 radical (unpaired) electrons. The van der Waals surface area contributed by atoms with Crippen molar-refractivity contribution in [1.29, 1.82) is 0 Å². The molecular weight excluding hydrogens is 280 g/mol. The fourth-order valence-electron chi connectivity index (χ4n) is 1.83. The highest BCUT2D eigenvalue weighted by molar-refractivity contribution is 5.90. The lowest BCUT2D eigenvalue weighted by molar-refractivity contribution is 0.00448. The van der Waals surface area contributed by atoms with Crippen LogP contribution in [0, 0.1) is 6.92 Å². The minimum Gasteiger partial charge on any atom is -0.458 e. The molecule has 22 heavy (non-hydrogen) atoms. The molecule has 0 saturated heterocycles. The standard InChI is InChI=1S/C18H18O4/c1-13-8-10-16(11-9-13)17(19)21-12-14(2)22-18(20)15-6-4-3-5-7-15/h3-11,14H,12H2,1-2H3. The van der Waals surface area contributed by atoms with Gasteiger partial charge in [0.2, 0.25) is 0 Å². The van der Waals surface area contributed by atoms with Crippen molar-refractivity contribution in [3.8, 4) is 0 Å². The normalized spacial score (nSPS) is 11.5. The summed E-state index contributed by atoms with van der Waals surface area (Å²) in [6.45, 7) is 3.65. The van der Waals surface area contributed by atoms with E-state index in [1.807, 2.05) is 25.1 Å². The molecule has 0 heterocycles. The van der Waals surface area contributed by atoms with Crippen molar-refractivity contribution >= 4 is 11.9 Å². The monoisotopic (exact) mass is 298 g/mol. The maximum Gasteiger partial charge on any atom is 0.338 e. The van der Waals surface area contributed by atoms with Gasteiger partial charge in [-0.25, -0.2) is 9.59 Å². The van der Waals surface area contributed by atoms with Crippen molar-refractivity contribution in [2.75, 3.05) is 6.61 Å². The van der Waals surface area contributed by atoms with E-state index in [0.29, 0.717) is 11.1 Å². The first-order valence-electron chi connectivity index (χ1n) is 7.06. The Kier molecular flexibility index (Phi) is 5.31. The summed E-state index contributed by atoms with van der Waals surface area (Å²) in [7, 11) is 0. The minimum absolute atomic E-state index is 0.0191. The van der Waals surface area contributed by atoms with Crippen molar-refractivity contribution in [3.63, 3.8) is 0 Å². The van der Waals surface area contributed by atoms with E-state index in [0.717, 1.165) is 5.56 Å². The molecule has 1 unspecified atom stereocenters. The third-order valence-corrected chi connectivity index (χ3v) is 3.05. The van der Waals surface area contributed by atoms with Gasteiger partial charge in [0.15, 0.2) is 0 Å². The fourth-order valence-corrected chi connectivity index (χ4v) is 1.83. The van der Waals surface area contributed by atoms with Crippen LogP contribution in [-0.4, -0.2) is 24.6 Å². The summed E-state index contributed by atoms with van der Waals surface area (Å²) in [5.41, 5.74) is 2.02. The lowest BCUT2D eigenvalue weighted by atomic mass is 10.1. The molecule has 0 aliphatic rings. The highest BCUT2D eigenvalue weighted by Gasteiger charge is 2.14. The van der Waals surface area contributed by atoms with E-state index < -0.39 is 18.0 Å². The Morgan fingerprint density at radius 1 is 0.909 bits per heavy atom. The predicted octanol–water partition coefficient (Wildman–Crippen LogP) is 3.40. The Bertz CT molecular complexity index is 632. The average Bonchev–Trinajstić information content (AvgIpc) is 2.54. The van der Waals surface area contributed by atoms with Gasteiger partial charge in [-0.3, -0.25) is 0 Å². The van der Waals surface area contributed by atoms with E-state index in [1.54, 1.807) is 43.3 Å². The van der Waals surface area contributed by atoms with Crippen LogP contribution in [0.15, 0.2) is 54.6 Å². The summed E-state index contributed by atoms with van der Waals surface area (Å²) in [5.74, 6) is -0.859. The Morgan fingerprint density at radius 2 is 1.50 bits per heavy atom. The number of rotatable bonds is 5. The zero-order chi connectivity index (χ0) is 15.9. The van der Waals surface area contributed by atoms with Crippen LogP contribution >= 0.6 is 0 Å². The molecule has 0 amide bonds. The predicted molar refractivity (Wildman–Crippen MR) is 82.8 cm³/mol. The first-order chi connectivity index (χ1) is 10.6. The molecule has 0 aliphatic carbocycles. The van der Waals surface area contributed by atoms with Gasteiger partial charge >= 0.3 is 11.9 Å². The van der Waals surface area contributed by atoms with Crippen molar-refractivity contribution in [2.24, 2.45) is 0 Å². The number of aryl methyl sites for hydroxylation is 1. The summed E-state index contributed by atoms with van der Waals surface area (Å²) in [6, 6.07) is 15.8. The summed E-state index contributed by atoms with van der Waals surface area (Å²) < 4.78 is 10.4. The van der Waals surface area contributed by atoms with Crippen molar-refractivity contribution in [1.82, 2.24) is 0 Å². The third kappa shape index (κ3) is 4.45. The summed E-state index contributed by atoms with van der Waals surface area (Å²) in [6.07, 6.45) is -0.512. The van der Waals surface area contributed by atoms with Crippen LogP contribution < -0.4 is 0 Å². The smallest absolute Gasteiger partial charge is 0.338 e. The van der Waals surface area contributed by atoms with E-state index in [2.05, 4.69) is 0 Å². The zero-order valence-corrected chi connectivity index (χ0v) is 12.6. The lowest BCUT2D eigenvalue weighted by Crippen LogP contribution is -2.22. The van der Waals surface area contributed by atoms with E-state index >= 15 is 0 Å². The van der Waals surface area contributed by atoms with E-state index in [9.17, 15) is 9.59 Å². The molecule has 4 nitrogen and oxygen atoms in total. The molecule has 0 aromatic heterocycles. The fraction of sp³-hybridized carbons (Fsp3) is 0.222. The number of ether oxygens (including phenoxy) is 2. The maximum atomic E-state index is 11.9. The summed E-state index contributed by atoms with van der Waals surface area (Å²) in [5, 5.41) is 0. The molecule has 2 aromatic rings. The Morgan fingerprint density at radius 3 is 2.14 bits per heavy atom. The van der Waals surface area contributed by atoms with E-state index in [-0.39, 0.29) is 6.61 Å². The van der Waals surface area contributed by atoms with Crippen molar-refractivity contribution in [2.45, 2.75) is 20.0 Å². The van der Waals surface area contributed by atoms with Gasteiger partial charge in [-0.2, -0.15) is 0 Å². The molecule has 114 valence electrons. The van der Waals surface area contributed by atoms with Crippen LogP contribution in [0.25, 0.3) is 0 Å². The Balaban J connectivity index is 1.82. The van der Waals surface area contributed by atoms with Crippen LogP contribution in [0.5, 0.6) is 0 Å². The summed E-state index contributed by atoms with van der Waals surface area (Å²) in [4.78, 5) is 23.7. The molecule has 0 fully saturated rings. The second-order valence-electron chi connectivity index (χ2n) is 5.05. The minimum atomic E-state index is -0.512. The molecule has 0 spiro atoms. The summed E-state index contributed by atoms with van der Waals surface area (Å²) >= 11 is 0. The van der Waals surface area contributed by atoms with E-state index in [4.69, 9.17) is 9.47 Å². The van der Waals surface area contributed by atoms with Gasteiger partial charge in [-0.15, -0.1) is 0 Å². The van der Waals surface area contributed by atoms with Gasteiger partial charge in [-0.1, -0.05) is 35.9 Å². The zero-order valence-electron chi connectivity index (χ0n) is 12.6. The van der Waals surface area contributed by atoms with E-state index in [1.165, 1.54) is 0 Å². The second kappa shape index (κ2) is 7.41. The molecule has 0 bridgehead atoms. The van der Waals surface area contributed by atoms with Crippen LogP contribution in [0.4, 0.5) is 0 Å². The number of benzene rings is 2. The Labute approximate surface area is 129 Å². The largest absolute Gasteiger partial charge is 0.458 e. The molecule has 2 aromatic carbocycles. The number of hydrogen-bond donors (Lipinski definition) is 0. The van der Waals surface area contributed by atoms with Crippen LogP contribution in [0.2, 0.25) is 0 Å². The number of hydrogen-bond acceptors (Lipinski definition) is 4. The lowest BCUT2D eigenvalue weighted by Gasteiger charge is -2.13. The Hall–Kier alpha value is -2.62. The second-order valence-corrected chi connectivity index (χ2v) is 5.05. The van der Waals surface area contributed by atoms with Gasteiger partial charge in [0, 0.05) is 0 Å². The molecule has 0 N–H and O–H groups in total. The molecule has 2 rings (SSSR count). The molecular formula is C18H18O4. The topological polar surface area (TPSA) is 52.6 Å². The van der Waals surface area contributed by atoms with Crippen molar-refractivity contribution in [3.05, 3.63) is 71.3 Å². The van der Waals surface area contributed by atoms with Crippen LogP contribution in [0.1, 0.15) is 33.2 Å². The van der Waals surface area contributed by atoms with Gasteiger partial charge < -0.3 is 9.47 Å². The first kappa shape index (κ1) is 15.8. The maximum absolute atomic E-state index is 11.9. The highest BCUT2D eigenvalue weighted by Crippen LogP contribution is 2.07. The average molecular weight is 298 g/mol. The van der Waals surface area contributed by atoms with Crippen LogP contribution in [0.3, 0.4) is 0 Å². The molecule has 1 atom stereocenters.